The number of hydrogen-bond acceptors (Lipinski definition) is 5. The molecule has 3 rings (SSSR count). The van der Waals surface area contributed by atoms with Crippen molar-refractivity contribution in [2.75, 3.05) is 6.54 Å². The molecule has 0 unspecified atom stereocenters. The fourth-order valence-electron chi connectivity index (χ4n) is 2.65. The van der Waals surface area contributed by atoms with Crippen molar-refractivity contribution in [3.05, 3.63) is 64.7 Å². The Balaban J connectivity index is 1.59. The molecule has 0 saturated carbocycles. The van der Waals surface area contributed by atoms with Gasteiger partial charge in [-0.1, -0.05) is 0 Å². The van der Waals surface area contributed by atoms with Crippen LogP contribution in [-0.4, -0.2) is 27.6 Å². The molecule has 0 aliphatic heterocycles. The number of benzene rings is 2. The van der Waals surface area contributed by atoms with Crippen molar-refractivity contribution >= 4 is 28.6 Å². The van der Waals surface area contributed by atoms with Crippen molar-refractivity contribution in [1.29, 1.82) is 0 Å². The van der Waals surface area contributed by atoms with Crippen molar-refractivity contribution in [2.24, 2.45) is 5.18 Å². The van der Waals surface area contributed by atoms with E-state index in [0.717, 1.165) is 16.5 Å². The first-order valence-electron chi connectivity index (χ1n) is 7.98. The van der Waals surface area contributed by atoms with Gasteiger partial charge in [-0.3, -0.25) is 4.79 Å². The molecule has 0 aliphatic carbocycles. The zero-order chi connectivity index (χ0) is 18.5. The molecule has 7 nitrogen and oxygen atoms in total. The molecule has 2 aromatic carbocycles. The van der Waals surface area contributed by atoms with E-state index in [1.165, 1.54) is 30.4 Å². The standard InChI is InChI=1S/C19H17N3O4/c23-15-3-5-18(24)12(9-15)1-6-19(25)20-8-7-13-11-21-17-4-2-14(22-26)10-16(13)17/h1-6,9-11,21,23-24H,7-8H2,(H,20,25)/b6-1+. The molecule has 1 heterocycles. The summed E-state index contributed by atoms with van der Waals surface area (Å²) in [4.78, 5) is 25.7. The number of aromatic amines is 1. The minimum absolute atomic E-state index is 0.00590. The maximum absolute atomic E-state index is 11.9. The normalized spacial score (nSPS) is 11.1. The van der Waals surface area contributed by atoms with Gasteiger partial charge in [-0.25, -0.2) is 0 Å². The van der Waals surface area contributed by atoms with E-state index in [1.54, 1.807) is 18.2 Å². The number of phenols is 2. The fourth-order valence-corrected chi connectivity index (χ4v) is 2.65. The van der Waals surface area contributed by atoms with Gasteiger partial charge in [0.15, 0.2) is 0 Å². The average Bonchev–Trinajstić information content (AvgIpc) is 3.04. The summed E-state index contributed by atoms with van der Waals surface area (Å²) in [6, 6.07) is 9.22. The maximum atomic E-state index is 11.9. The topological polar surface area (TPSA) is 115 Å². The summed E-state index contributed by atoms with van der Waals surface area (Å²) in [7, 11) is 0. The molecule has 26 heavy (non-hydrogen) atoms. The number of aromatic hydroxyl groups is 2. The highest BCUT2D eigenvalue weighted by Gasteiger charge is 2.06. The summed E-state index contributed by atoms with van der Waals surface area (Å²) >= 11 is 0. The van der Waals surface area contributed by atoms with Crippen LogP contribution in [0, 0.1) is 4.91 Å². The number of H-pyrrole nitrogens is 1. The van der Waals surface area contributed by atoms with Gasteiger partial charge in [0.05, 0.1) is 0 Å². The first-order valence-corrected chi connectivity index (χ1v) is 7.98. The minimum atomic E-state index is -0.317. The number of nitroso groups, excluding NO2 is 1. The number of carbonyl (C=O) groups is 1. The molecular weight excluding hydrogens is 334 g/mol. The van der Waals surface area contributed by atoms with E-state index in [2.05, 4.69) is 15.5 Å². The van der Waals surface area contributed by atoms with Crippen molar-refractivity contribution in [2.45, 2.75) is 6.42 Å². The van der Waals surface area contributed by atoms with Crippen LogP contribution in [0.5, 0.6) is 11.5 Å². The van der Waals surface area contributed by atoms with E-state index in [-0.39, 0.29) is 17.4 Å². The Morgan fingerprint density at radius 2 is 2.04 bits per heavy atom. The molecule has 132 valence electrons. The van der Waals surface area contributed by atoms with E-state index in [9.17, 15) is 19.9 Å². The van der Waals surface area contributed by atoms with Gasteiger partial charge in [-0.05, 0) is 59.6 Å². The van der Waals surface area contributed by atoms with E-state index in [4.69, 9.17) is 0 Å². The highest BCUT2D eigenvalue weighted by molar-refractivity contribution is 5.92. The highest BCUT2D eigenvalue weighted by Crippen LogP contribution is 2.24. The fraction of sp³-hybridized carbons (Fsp3) is 0.105. The number of amides is 1. The second-order valence-corrected chi connectivity index (χ2v) is 5.75. The molecule has 0 aliphatic rings. The van der Waals surface area contributed by atoms with Gasteiger partial charge in [-0.2, -0.15) is 0 Å². The molecule has 3 aromatic rings. The molecule has 0 saturated heterocycles. The van der Waals surface area contributed by atoms with E-state index < -0.39 is 0 Å². The van der Waals surface area contributed by atoms with Crippen LogP contribution < -0.4 is 5.32 Å². The molecule has 4 N–H and O–H groups in total. The molecule has 0 spiro atoms. The summed E-state index contributed by atoms with van der Waals surface area (Å²) in [5.74, 6) is -0.334. The van der Waals surface area contributed by atoms with Crippen LogP contribution in [0.25, 0.3) is 17.0 Å². The molecule has 1 amide bonds. The second-order valence-electron chi connectivity index (χ2n) is 5.75. The van der Waals surface area contributed by atoms with Crippen molar-refractivity contribution in [1.82, 2.24) is 10.3 Å². The predicted molar refractivity (Wildman–Crippen MR) is 99.3 cm³/mol. The number of phenolic OH excluding ortho intramolecular Hbond substituents is 2. The number of nitrogens with zero attached hydrogens (tertiary/aromatic N) is 1. The quantitative estimate of drug-likeness (QED) is 0.310. The smallest absolute Gasteiger partial charge is 0.244 e. The third-order valence-corrected chi connectivity index (χ3v) is 3.98. The first kappa shape index (κ1) is 17.2. The Morgan fingerprint density at radius 1 is 1.19 bits per heavy atom. The lowest BCUT2D eigenvalue weighted by Crippen LogP contribution is -2.23. The van der Waals surface area contributed by atoms with Crippen LogP contribution in [0.3, 0.4) is 0 Å². The lowest BCUT2D eigenvalue weighted by molar-refractivity contribution is -0.116. The van der Waals surface area contributed by atoms with Crippen LogP contribution in [-0.2, 0) is 11.2 Å². The number of rotatable bonds is 6. The maximum Gasteiger partial charge on any atom is 0.244 e. The van der Waals surface area contributed by atoms with Crippen LogP contribution in [0.2, 0.25) is 0 Å². The Labute approximate surface area is 149 Å². The number of nitrogens with one attached hydrogen (secondary N) is 2. The van der Waals surface area contributed by atoms with Crippen molar-refractivity contribution in [3.8, 4) is 11.5 Å². The van der Waals surface area contributed by atoms with Crippen molar-refractivity contribution in [3.63, 3.8) is 0 Å². The van der Waals surface area contributed by atoms with Gasteiger partial charge in [0.25, 0.3) is 0 Å². The van der Waals surface area contributed by atoms with Crippen LogP contribution in [0.4, 0.5) is 5.69 Å². The number of carbonyl (C=O) groups excluding carboxylic acids is 1. The second kappa shape index (κ2) is 7.52. The number of hydrogen-bond donors (Lipinski definition) is 4. The van der Waals surface area contributed by atoms with Gasteiger partial charge in [0.1, 0.15) is 17.2 Å². The molecule has 1 aromatic heterocycles. The first-order chi connectivity index (χ1) is 12.6. The molecule has 7 heteroatoms. The third-order valence-electron chi connectivity index (χ3n) is 3.98. The molecule has 0 radical (unpaired) electrons. The summed E-state index contributed by atoms with van der Waals surface area (Å²) in [5.41, 5.74) is 2.58. The predicted octanol–water partition coefficient (Wildman–Crippen LogP) is 3.35. The molecule has 0 bridgehead atoms. The summed E-state index contributed by atoms with van der Waals surface area (Å²) < 4.78 is 0. The Bertz CT molecular complexity index is 992. The van der Waals surface area contributed by atoms with Gasteiger partial charge in [-0.15, -0.1) is 4.91 Å². The monoisotopic (exact) mass is 351 g/mol. The minimum Gasteiger partial charge on any atom is -0.508 e. The SMILES string of the molecule is O=Nc1ccc2[nH]cc(CCNC(=O)/C=C/c3cc(O)ccc3O)c2c1. The zero-order valence-electron chi connectivity index (χ0n) is 13.8. The Hall–Kier alpha value is -3.61. The average molecular weight is 351 g/mol. The molecule has 0 atom stereocenters. The summed E-state index contributed by atoms with van der Waals surface area (Å²) in [6.07, 6.45) is 5.14. The van der Waals surface area contributed by atoms with E-state index in [0.29, 0.717) is 24.2 Å². The van der Waals surface area contributed by atoms with Crippen LogP contribution >= 0.6 is 0 Å². The molecular formula is C19H17N3O4. The van der Waals surface area contributed by atoms with Gasteiger partial charge >= 0.3 is 0 Å². The van der Waals surface area contributed by atoms with Gasteiger partial charge in [0.2, 0.25) is 5.91 Å². The van der Waals surface area contributed by atoms with Crippen LogP contribution in [0.1, 0.15) is 11.1 Å². The largest absolute Gasteiger partial charge is 0.508 e. The summed E-state index contributed by atoms with van der Waals surface area (Å²) in [5, 5.41) is 25.6. The Morgan fingerprint density at radius 3 is 2.85 bits per heavy atom. The van der Waals surface area contributed by atoms with Gasteiger partial charge < -0.3 is 20.5 Å². The molecule has 0 fully saturated rings. The highest BCUT2D eigenvalue weighted by atomic mass is 16.3. The zero-order valence-corrected chi connectivity index (χ0v) is 13.8. The Kier molecular flexibility index (Phi) is 4.98. The van der Waals surface area contributed by atoms with E-state index >= 15 is 0 Å². The number of aromatic nitrogens is 1. The van der Waals surface area contributed by atoms with Gasteiger partial charge in [0, 0.05) is 35.3 Å². The lowest BCUT2D eigenvalue weighted by Gasteiger charge is -2.03. The van der Waals surface area contributed by atoms with Crippen LogP contribution in [0.15, 0.2) is 53.8 Å². The van der Waals surface area contributed by atoms with Crippen molar-refractivity contribution < 1.29 is 15.0 Å². The third kappa shape index (κ3) is 3.89. The number of fused-ring (bicyclic) bond motifs is 1. The lowest BCUT2D eigenvalue weighted by atomic mass is 10.1. The summed E-state index contributed by atoms with van der Waals surface area (Å²) in [6.45, 7) is 0.404. The van der Waals surface area contributed by atoms with E-state index in [1.807, 2.05) is 6.20 Å².